The third-order valence-electron chi connectivity index (χ3n) is 1.88. The molecular weight excluding hydrogens is 208 g/mol. The van der Waals surface area contributed by atoms with Gasteiger partial charge in [0.1, 0.15) is 0 Å². The second kappa shape index (κ2) is 7.23. The number of hydrogen-bond donors (Lipinski definition) is 2. The maximum absolute atomic E-state index is 10.8. The summed E-state index contributed by atoms with van der Waals surface area (Å²) < 4.78 is 0. The molecule has 0 saturated heterocycles. The summed E-state index contributed by atoms with van der Waals surface area (Å²) in [6.45, 7) is 6.00. The van der Waals surface area contributed by atoms with Crippen LogP contribution in [0.5, 0.6) is 0 Å². The van der Waals surface area contributed by atoms with E-state index in [1.165, 1.54) is 0 Å². The number of hydrogen-bond acceptors (Lipinski definition) is 2. The van der Waals surface area contributed by atoms with E-state index in [-0.39, 0.29) is 6.42 Å². The third kappa shape index (κ3) is 4.41. The normalized spacial score (nSPS) is 10.8. The topological polar surface area (TPSA) is 74.6 Å². The lowest BCUT2D eigenvalue weighted by molar-refractivity contribution is -0.145. The van der Waals surface area contributed by atoms with E-state index in [4.69, 9.17) is 10.2 Å². The summed E-state index contributed by atoms with van der Waals surface area (Å²) in [5.41, 5.74) is 0.516. The lowest BCUT2D eigenvalue weighted by Crippen LogP contribution is -2.15. The van der Waals surface area contributed by atoms with Crippen molar-refractivity contribution in [3.63, 3.8) is 0 Å². The Labute approximate surface area is 93.8 Å². The lowest BCUT2D eigenvalue weighted by Gasteiger charge is -2.09. The van der Waals surface area contributed by atoms with Gasteiger partial charge in [0.2, 0.25) is 0 Å². The minimum atomic E-state index is -1.11. The first kappa shape index (κ1) is 13.9. The molecule has 0 aliphatic carbocycles. The molecule has 1 atom stereocenters. The van der Waals surface area contributed by atoms with E-state index >= 15 is 0 Å². The van der Waals surface area contributed by atoms with E-state index in [0.29, 0.717) is 5.56 Å². The summed E-state index contributed by atoms with van der Waals surface area (Å²) in [5, 5.41) is 17.3. The molecule has 4 nitrogen and oxygen atoms in total. The highest BCUT2D eigenvalue weighted by molar-refractivity contribution is 5.82. The predicted molar refractivity (Wildman–Crippen MR) is 60.3 cm³/mol. The minimum absolute atomic E-state index is 0.390. The van der Waals surface area contributed by atoms with Crippen LogP contribution in [0.1, 0.15) is 17.9 Å². The molecule has 1 unspecified atom stereocenters. The molecule has 4 heteroatoms. The number of benzene rings is 1. The van der Waals surface area contributed by atoms with Crippen LogP contribution in [0.4, 0.5) is 0 Å². The van der Waals surface area contributed by atoms with E-state index in [0.717, 1.165) is 0 Å². The molecule has 2 N–H and O–H groups in total. The fourth-order valence-corrected chi connectivity index (χ4v) is 1.21. The molecule has 0 aromatic heterocycles. The summed E-state index contributed by atoms with van der Waals surface area (Å²) >= 11 is 0. The molecule has 0 radical (unpaired) electrons. The molecule has 0 aliphatic rings. The van der Waals surface area contributed by atoms with Crippen LogP contribution in [0.2, 0.25) is 0 Å². The second-order valence-corrected chi connectivity index (χ2v) is 2.90. The zero-order chi connectivity index (χ0) is 12.6. The molecule has 86 valence electrons. The Morgan fingerprint density at radius 1 is 1.12 bits per heavy atom. The first-order valence-electron chi connectivity index (χ1n) is 4.61. The van der Waals surface area contributed by atoms with Gasteiger partial charge in [0, 0.05) is 0 Å². The maximum Gasteiger partial charge on any atom is 0.311 e. The molecule has 1 aromatic rings. The van der Waals surface area contributed by atoms with Gasteiger partial charge in [0.25, 0.3) is 0 Å². The van der Waals surface area contributed by atoms with E-state index in [1.807, 2.05) is 0 Å². The van der Waals surface area contributed by atoms with Crippen LogP contribution in [0, 0.1) is 0 Å². The van der Waals surface area contributed by atoms with Gasteiger partial charge in [-0.15, -0.1) is 13.2 Å². The highest BCUT2D eigenvalue weighted by Crippen LogP contribution is 2.19. The van der Waals surface area contributed by atoms with Gasteiger partial charge in [0.15, 0.2) is 0 Å². The smallest absolute Gasteiger partial charge is 0.311 e. The Balaban J connectivity index is 0.00000106. The number of carboxylic acid groups (broad SMARTS) is 2. The molecule has 16 heavy (non-hydrogen) atoms. The fraction of sp³-hybridized carbons (Fsp3) is 0.167. The average Bonchev–Trinajstić information content (AvgIpc) is 2.29. The molecule has 0 bridgehead atoms. The van der Waals surface area contributed by atoms with Crippen LogP contribution < -0.4 is 0 Å². The van der Waals surface area contributed by atoms with Gasteiger partial charge < -0.3 is 10.2 Å². The molecule has 1 aromatic carbocycles. The highest BCUT2D eigenvalue weighted by atomic mass is 16.4. The van der Waals surface area contributed by atoms with Gasteiger partial charge in [-0.1, -0.05) is 30.3 Å². The van der Waals surface area contributed by atoms with Gasteiger partial charge in [0.05, 0.1) is 12.3 Å². The number of carbonyl (C=O) groups is 2. The number of carboxylic acids is 2. The van der Waals surface area contributed by atoms with Gasteiger partial charge >= 0.3 is 11.9 Å². The lowest BCUT2D eigenvalue weighted by atomic mass is 9.96. The van der Waals surface area contributed by atoms with Gasteiger partial charge in [-0.25, -0.2) is 0 Å². The number of rotatable bonds is 4. The van der Waals surface area contributed by atoms with E-state index in [1.54, 1.807) is 30.3 Å². The van der Waals surface area contributed by atoms with Crippen LogP contribution in [0.15, 0.2) is 43.5 Å². The summed E-state index contributed by atoms with van der Waals surface area (Å²) in [6.07, 6.45) is -0.390. The molecule has 0 spiro atoms. The second-order valence-electron chi connectivity index (χ2n) is 2.90. The van der Waals surface area contributed by atoms with Crippen molar-refractivity contribution in [2.75, 3.05) is 0 Å². The van der Waals surface area contributed by atoms with E-state index in [9.17, 15) is 9.59 Å². The zero-order valence-electron chi connectivity index (χ0n) is 8.80. The summed E-state index contributed by atoms with van der Waals surface area (Å²) in [6, 6.07) is 8.35. The van der Waals surface area contributed by atoms with Crippen molar-refractivity contribution >= 4 is 11.9 Å². The van der Waals surface area contributed by atoms with E-state index < -0.39 is 17.9 Å². The quantitative estimate of drug-likeness (QED) is 0.765. The predicted octanol–water partition coefficient (Wildman–Crippen LogP) is 2.13. The standard InChI is InChI=1S/C10H10O4.C2H4/c11-9(12)6-8(10(13)14)7-4-2-1-3-5-7;1-2/h1-5,8H,6H2,(H,11,12)(H,13,14);1-2H2. The van der Waals surface area contributed by atoms with Crippen LogP contribution in [0.25, 0.3) is 0 Å². The molecule has 0 saturated carbocycles. The van der Waals surface area contributed by atoms with Crippen LogP contribution in [-0.2, 0) is 9.59 Å². The summed E-state index contributed by atoms with van der Waals surface area (Å²) in [4.78, 5) is 21.2. The Morgan fingerprint density at radius 3 is 2.00 bits per heavy atom. The van der Waals surface area contributed by atoms with Crippen LogP contribution in [-0.4, -0.2) is 22.2 Å². The van der Waals surface area contributed by atoms with E-state index in [2.05, 4.69) is 13.2 Å². The highest BCUT2D eigenvalue weighted by Gasteiger charge is 2.22. The van der Waals surface area contributed by atoms with Crippen LogP contribution in [0.3, 0.4) is 0 Å². The average molecular weight is 222 g/mol. The largest absolute Gasteiger partial charge is 0.481 e. The first-order valence-corrected chi connectivity index (χ1v) is 4.61. The first-order chi connectivity index (χ1) is 7.61. The van der Waals surface area contributed by atoms with Crippen LogP contribution >= 0.6 is 0 Å². The van der Waals surface area contributed by atoms with Crippen molar-refractivity contribution in [3.05, 3.63) is 49.1 Å². The zero-order valence-corrected chi connectivity index (χ0v) is 8.80. The van der Waals surface area contributed by atoms with Crippen molar-refractivity contribution in [2.45, 2.75) is 12.3 Å². The molecule has 0 fully saturated rings. The number of aliphatic carboxylic acids is 2. The summed E-state index contributed by atoms with van der Waals surface area (Å²) in [5.74, 6) is -3.19. The fourth-order valence-electron chi connectivity index (χ4n) is 1.21. The summed E-state index contributed by atoms with van der Waals surface area (Å²) in [7, 11) is 0. The van der Waals surface area contributed by atoms with Crippen molar-refractivity contribution in [1.82, 2.24) is 0 Å². The molecular formula is C12H14O4. The maximum atomic E-state index is 10.8. The van der Waals surface area contributed by atoms with Gasteiger partial charge in [-0.2, -0.15) is 0 Å². The molecule has 0 amide bonds. The van der Waals surface area contributed by atoms with Gasteiger partial charge in [-0.05, 0) is 5.56 Å². The van der Waals surface area contributed by atoms with Crippen molar-refractivity contribution in [1.29, 1.82) is 0 Å². The third-order valence-corrected chi connectivity index (χ3v) is 1.88. The Kier molecular flexibility index (Phi) is 6.28. The Hall–Kier alpha value is -2.10. The van der Waals surface area contributed by atoms with Gasteiger partial charge in [-0.3, -0.25) is 9.59 Å². The van der Waals surface area contributed by atoms with Crippen molar-refractivity contribution in [3.8, 4) is 0 Å². The Bertz CT molecular complexity index is 345. The van der Waals surface area contributed by atoms with Crippen molar-refractivity contribution in [2.24, 2.45) is 0 Å². The van der Waals surface area contributed by atoms with Crippen molar-refractivity contribution < 1.29 is 19.8 Å². The molecule has 0 aliphatic heterocycles. The Morgan fingerprint density at radius 2 is 1.62 bits per heavy atom. The SMILES string of the molecule is C=C.O=C(O)CC(C(=O)O)c1ccccc1. The monoisotopic (exact) mass is 222 g/mol. The molecule has 0 heterocycles. The minimum Gasteiger partial charge on any atom is -0.481 e. The molecule has 1 rings (SSSR count).